The smallest absolute Gasteiger partial charge is 0.379 e. The van der Waals surface area contributed by atoms with E-state index in [1.54, 1.807) is 18.0 Å². The maximum Gasteiger partial charge on any atom is 0.433 e. The number of hydrogen-bond donors (Lipinski definition) is 0. The van der Waals surface area contributed by atoms with E-state index >= 15 is 0 Å². The SMILES string of the molecule is CN(Cc1cccc(C(F)(F)F)n1)c1ncnc(N2CCC[C@@H](CN3CCOCC3)C2)c1Cl. The summed E-state index contributed by atoms with van der Waals surface area (Å²) < 4.78 is 44.4. The van der Waals surface area contributed by atoms with Crippen LogP contribution >= 0.6 is 11.6 Å². The van der Waals surface area contributed by atoms with Crippen LogP contribution < -0.4 is 9.80 Å². The number of pyridine rings is 1. The Kier molecular flexibility index (Phi) is 7.55. The summed E-state index contributed by atoms with van der Waals surface area (Å²) in [6.45, 7) is 6.36. The minimum atomic E-state index is -4.49. The number of morpholine rings is 1. The lowest BCUT2D eigenvalue weighted by molar-refractivity contribution is -0.141. The number of rotatable bonds is 6. The molecule has 0 aromatic carbocycles. The summed E-state index contributed by atoms with van der Waals surface area (Å²) >= 11 is 6.71. The molecule has 4 heterocycles. The van der Waals surface area contributed by atoms with E-state index in [-0.39, 0.29) is 12.2 Å². The maximum atomic E-state index is 13.0. The van der Waals surface area contributed by atoms with Crippen LogP contribution in [0.15, 0.2) is 24.5 Å². The highest BCUT2D eigenvalue weighted by Crippen LogP contribution is 2.34. The van der Waals surface area contributed by atoms with Crippen LogP contribution in [0.3, 0.4) is 0 Å². The number of halogens is 4. The Labute approximate surface area is 196 Å². The van der Waals surface area contributed by atoms with Crippen molar-refractivity contribution in [1.29, 1.82) is 0 Å². The van der Waals surface area contributed by atoms with Gasteiger partial charge in [0.25, 0.3) is 0 Å². The second kappa shape index (κ2) is 10.4. The first-order chi connectivity index (χ1) is 15.8. The van der Waals surface area contributed by atoms with E-state index in [0.29, 0.717) is 22.6 Å². The zero-order valence-corrected chi connectivity index (χ0v) is 19.3. The number of piperidine rings is 1. The summed E-state index contributed by atoms with van der Waals surface area (Å²) in [7, 11) is 1.73. The van der Waals surface area contributed by atoms with E-state index in [1.807, 2.05) is 0 Å². The molecule has 0 bridgehead atoms. The van der Waals surface area contributed by atoms with E-state index in [2.05, 4.69) is 24.8 Å². The molecule has 0 unspecified atom stereocenters. The minimum absolute atomic E-state index is 0.139. The molecular formula is C22H28ClF3N6O. The van der Waals surface area contributed by atoms with Gasteiger partial charge in [-0.25, -0.2) is 15.0 Å². The average Bonchev–Trinajstić information content (AvgIpc) is 2.80. The van der Waals surface area contributed by atoms with Gasteiger partial charge < -0.3 is 14.5 Å². The molecule has 7 nitrogen and oxygen atoms in total. The molecule has 0 saturated carbocycles. The quantitative estimate of drug-likeness (QED) is 0.619. The van der Waals surface area contributed by atoms with E-state index in [9.17, 15) is 13.2 Å². The topological polar surface area (TPSA) is 57.6 Å². The van der Waals surface area contributed by atoms with Crippen LogP contribution in [0, 0.1) is 5.92 Å². The zero-order chi connectivity index (χ0) is 23.4. The molecule has 2 aromatic rings. The second-order valence-corrected chi connectivity index (χ2v) is 8.95. The van der Waals surface area contributed by atoms with Crippen molar-refractivity contribution in [3.05, 3.63) is 40.9 Å². The van der Waals surface area contributed by atoms with Crippen LogP contribution in [0.2, 0.25) is 5.02 Å². The lowest BCUT2D eigenvalue weighted by Gasteiger charge is -2.37. The van der Waals surface area contributed by atoms with Crippen molar-refractivity contribution in [2.75, 3.05) is 62.8 Å². The first-order valence-electron chi connectivity index (χ1n) is 11.1. The van der Waals surface area contributed by atoms with Gasteiger partial charge in [-0.1, -0.05) is 17.7 Å². The first-order valence-corrected chi connectivity index (χ1v) is 11.5. The van der Waals surface area contributed by atoms with Gasteiger partial charge in [0.2, 0.25) is 0 Å². The van der Waals surface area contributed by atoms with Crippen LogP contribution in [0.4, 0.5) is 24.8 Å². The van der Waals surface area contributed by atoms with Crippen molar-refractivity contribution in [3.8, 4) is 0 Å². The summed E-state index contributed by atoms with van der Waals surface area (Å²) in [5.41, 5.74) is -0.630. The maximum absolute atomic E-state index is 13.0. The highest BCUT2D eigenvalue weighted by Gasteiger charge is 2.32. The number of hydrogen-bond acceptors (Lipinski definition) is 7. The number of nitrogens with zero attached hydrogens (tertiary/aromatic N) is 6. The van der Waals surface area contributed by atoms with Crippen molar-refractivity contribution in [3.63, 3.8) is 0 Å². The van der Waals surface area contributed by atoms with Crippen molar-refractivity contribution >= 4 is 23.2 Å². The standard InChI is InChI=1S/C22H28ClF3N6O/c1-30(14-17-5-2-6-18(29-17)22(24,25)26)20-19(23)21(28-15-27-20)32-7-3-4-16(13-32)12-31-8-10-33-11-9-31/h2,5-6,15-16H,3-4,7-14H2,1H3/t16-/m0/s1. The molecule has 2 aromatic heterocycles. The molecule has 11 heteroatoms. The molecule has 0 N–H and O–H groups in total. The monoisotopic (exact) mass is 484 g/mol. The Morgan fingerprint density at radius 2 is 1.97 bits per heavy atom. The van der Waals surface area contributed by atoms with Gasteiger partial charge >= 0.3 is 6.18 Å². The molecule has 0 amide bonds. The molecule has 0 spiro atoms. The van der Waals surface area contributed by atoms with Crippen LogP contribution in [0.5, 0.6) is 0 Å². The Balaban J connectivity index is 1.45. The molecular weight excluding hydrogens is 457 g/mol. The van der Waals surface area contributed by atoms with Gasteiger partial charge in [-0.05, 0) is 30.9 Å². The number of alkyl halides is 3. The fraction of sp³-hybridized carbons (Fsp3) is 0.591. The van der Waals surface area contributed by atoms with Crippen LogP contribution in [0.1, 0.15) is 24.2 Å². The zero-order valence-electron chi connectivity index (χ0n) is 18.6. The minimum Gasteiger partial charge on any atom is -0.379 e. The van der Waals surface area contributed by atoms with Crippen molar-refractivity contribution in [2.45, 2.75) is 25.6 Å². The van der Waals surface area contributed by atoms with Gasteiger partial charge in [0.05, 0.1) is 25.5 Å². The molecule has 4 rings (SSSR count). The molecule has 0 radical (unpaired) electrons. The van der Waals surface area contributed by atoms with E-state index in [1.165, 1.54) is 12.4 Å². The van der Waals surface area contributed by atoms with Gasteiger partial charge in [0.1, 0.15) is 17.0 Å². The number of aromatic nitrogens is 3. The fourth-order valence-corrected chi connectivity index (χ4v) is 4.80. The lowest BCUT2D eigenvalue weighted by Crippen LogP contribution is -2.44. The number of anilines is 2. The molecule has 2 fully saturated rings. The van der Waals surface area contributed by atoms with Crippen molar-refractivity contribution in [2.24, 2.45) is 5.92 Å². The average molecular weight is 485 g/mol. The summed E-state index contributed by atoms with van der Waals surface area (Å²) in [5, 5.41) is 0.402. The largest absolute Gasteiger partial charge is 0.433 e. The Morgan fingerprint density at radius 3 is 2.73 bits per heavy atom. The van der Waals surface area contributed by atoms with E-state index in [4.69, 9.17) is 16.3 Å². The van der Waals surface area contributed by atoms with Crippen LogP contribution in [0.25, 0.3) is 0 Å². The van der Waals surface area contributed by atoms with Gasteiger partial charge in [0.15, 0.2) is 11.6 Å². The Morgan fingerprint density at radius 1 is 1.18 bits per heavy atom. The third-order valence-corrected chi connectivity index (χ3v) is 6.39. The highest BCUT2D eigenvalue weighted by molar-refractivity contribution is 6.35. The molecule has 2 saturated heterocycles. The van der Waals surface area contributed by atoms with Gasteiger partial charge in [-0.2, -0.15) is 13.2 Å². The molecule has 2 aliphatic heterocycles. The molecule has 2 aliphatic rings. The van der Waals surface area contributed by atoms with E-state index in [0.717, 1.165) is 64.8 Å². The van der Waals surface area contributed by atoms with Crippen LogP contribution in [-0.4, -0.2) is 72.8 Å². The molecule has 33 heavy (non-hydrogen) atoms. The van der Waals surface area contributed by atoms with Gasteiger partial charge in [-0.15, -0.1) is 0 Å². The fourth-order valence-electron chi connectivity index (χ4n) is 4.44. The predicted octanol–water partition coefficient (Wildman–Crippen LogP) is 3.73. The lowest BCUT2D eigenvalue weighted by atomic mass is 9.97. The highest BCUT2D eigenvalue weighted by atomic mass is 35.5. The summed E-state index contributed by atoms with van der Waals surface area (Å²) in [4.78, 5) is 18.8. The van der Waals surface area contributed by atoms with Gasteiger partial charge in [0, 0.05) is 39.8 Å². The Hall–Kier alpha value is -2.17. The molecule has 1 atom stereocenters. The van der Waals surface area contributed by atoms with E-state index < -0.39 is 11.9 Å². The summed E-state index contributed by atoms with van der Waals surface area (Å²) in [5.74, 6) is 1.65. The first kappa shape index (κ1) is 24.0. The molecule has 0 aliphatic carbocycles. The summed E-state index contributed by atoms with van der Waals surface area (Å²) in [6, 6.07) is 3.87. The second-order valence-electron chi connectivity index (χ2n) is 8.57. The number of ether oxygens (including phenoxy) is 1. The Bertz CT molecular complexity index is 941. The third-order valence-electron chi connectivity index (χ3n) is 6.05. The van der Waals surface area contributed by atoms with Crippen LogP contribution in [-0.2, 0) is 17.5 Å². The normalized spacial score (nSPS) is 20.2. The van der Waals surface area contributed by atoms with Crippen molar-refractivity contribution < 1.29 is 17.9 Å². The van der Waals surface area contributed by atoms with Crippen molar-refractivity contribution in [1.82, 2.24) is 19.9 Å². The van der Waals surface area contributed by atoms with Gasteiger partial charge in [-0.3, -0.25) is 4.90 Å². The molecule has 180 valence electrons. The predicted molar refractivity (Wildman–Crippen MR) is 121 cm³/mol. The third kappa shape index (κ3) is 6.04. The summed E-state index contributed by atoms with van der Waals surface area (Å²) in [6.07, 6.45) is -0.822.